The van der Waals surface area contributed by atoms with Crippen molar-refractivity contribution in [3.63, 3.8) is 0 Å². The largest absolute Gasteiger partial charge is 0.478 e. The molecule has 4 atom stereocenters. The minimum Gasteiger partial charge on any atom is -0.478 e. The number of nitrogens with zero attached hydrogens (tertiary/aromatic N) is 4. The van der Waals surface area contributed by atoms with Gasteiger partial charge in [0.25, 0.3) is 0 Å². The summed E-state index contributed by atoms with van der Waals surface area (Å²) in [6.07, 6.45) is -1.30. The highest BCUT2D eigenvalue weighted by Gasteiger charge is 2.44. The first-order valence-corrected chi connectivity index (χ1v) is 9.35. The summed E-state index contributed by atoms with van der Waals surface area (Å²) in [5.74, 6) is -0.576. The molecule has 0 unspecified atom stereocenters. The molecule has 0 aliphatic carbocycles. The molecule has 1 fully saturated rings. The molecule has 0 bridgehead atoms. The molecule has 0 saturated carbocycles. The van der Waals surface area contributed by atoms with Crippen molar-refractivity contribution in [3.8, 4) is 0 Å². The minimum atomic E-state index is -1.21. The van der Waals surface area contributed by atoms with Gasteiger partial charge in [0.15, 0.2) is 17.7 Å². The van der Waals surface area contributed by atoms with E-state index in [9.17, 15) is 20.1 Å². The Morgan fingerprint density at radius 1 is 1.21 bits per heavy atom. The number of ether oxygens (including phenoxy) is 1. The number of carboxylic acids is 1. The highest BCUT2D eigenvalue weighted by Crippen LogP contribution is 2.35. The van der Waals surface area contributed by atoms with E-state index >= 15 is 0 Å². The third-order valence-corrected chi connectivity index (χ3v) is 5.68. The van der Waals surface area contributed by atoms with E-state index in [0.717, 1.165) is 0 Å². The number of hydrogen-bond donors (Lipinski definition) is 4. The number of aromatic carboxylic acids is 1. The van der Waals surface area contributed by atoms with Crippen LogP contribution in [0.25, 0.3) is 11.2 Å². The summed E-state index contributed by atoms with van der Waals surface area (Å²) in [7, 11) is 0. The highest BCUT2D eigenvalue weighted by atomic mass is 32.2. The summed E-state index contributed by atoms with van der Waals surface area (Å²) < 4.78 is 7.35. The standard InChI is InChI=1S/C17H17N5O5S/c18-14-11-15(20-6-19-14)22(7-21-11)16-13(24)12(23)9(27-16)5-28-10-4-2-1-3-8(10)17(25)26/h1-4,6-7,9,12-13,16,23-24H,5H2,(H,25,26)(H2,18,19,20)/t9-,12-,13-,16-/m1/s1. The number of benzene rings is 1. The average Bonchev–Trinajstić information content (AvgIpc) is 3.23. The van der Waals surface area contributed by atoms with Crippen LogP contribution >= 0.6 is 11.8 Å². The van der Waals surface area contributed by atoms with Gasteiger partial charge in [0.05, 0.1) is 18.0 Å². The van der Waals surface area contributed by atoms with Gasteiger partial charge in [-0.1, -0.05) is 12.1 Å². The molecule has 10 nitrogen and oxygen atoms in total. The summed E-state index contributed by atoms with van der Waals surface area (Å²) >= 11 is 1.24. The van der Waals surface area contributed by atoms with Crippen molar-refractivity contribution < 1.29 is 24.9 Å². The van der Waals surface area contributed by atoms with Crippen LogP contribution in [0.3, 0.4) is 0 Å². The van der Waals surface area contributed by atoms with Crippen molar-refractivity contribution in [2.24, 2.45) is 0 Å². The number of anilines is 1. The van der Waals surface area contributed by atoms with Gasteiger partial charge in [0.2, 0.25) is 0 Å². The molecule has 4 rings (SSSR count). The fourth-order valence-corrected chi connectivity index (χ4v) is 4.20. The third kappa shape index (κ3) is 3.18. The summed E-state index contributed by atoms with van der Waals surface area (Å²) in [6, 6.07) is 6.58. The Hall–Kier alpha value is -2.73. The topological polar surface area (TPSA) is 157 Å². The number of imidazole rings is 1. The van der Waals surface area contributed by atoms with Crippen molar-refractivity contribution in [1.82, 2.24) is 19.5 Å². The van der Waals surface area contributed by atoms with Gasteiger partial charge in [0.1, 0.15) is 24.1 Å². The number of aliphatic hydroxyl groups excluding tert-OH is 2. The number of aliphatic hydroxyl groups is 2. The van der Waals surface area contributed by atoms with Gasteiger partial charge < -0.3 is 25.8 Å². The van der Waals surface area contributed by atoms with Crippen LogP contribution < -0.4 is 5.73 Å². The quantitative estimate of drug-likeness (QED) is 0.443. The lowest BCUT2D eigenvalue weighted by Gasteiger charge is -2.16. The van der Waals surface area contributed by atoms with Crippen LogP contribution in [0.4, 0.5) is 5.82 Å². The van der Waals surface area contributed by atoms with E-state index in [0.29, 0.717) is 16.1 Å². The number of nitrogen functional groups attached to an aromatic ring is 1. The predicted molar refractivity (Wildman–Crippen MR) is 99.8 cm³/mol. The van der Waals surface area contributed by atoms with Crippen molar-refractivity contribution in [1.29, 1.82) is 0 Å². The lowest BCUT2D eigenvalue weighted by molar-refractivity contribution is -0.0289. The molecule has 0 amide bonds. The normalized spacial score (nSPS) is 24.6. The van der Waals surface area contributed by atoms with Gasteiger partial charge in [-0.15, -0.1) is 11.8 Å². The Morgan fingerprint density at radius 2 is 2.00 bits per heavy atom. The molecule has 1 aliphatic heterocycles. The zero-order chi connectivity index (χ0) is 19.8. The number of aromatic nitrogens is 4. The molecule has 11 heteroatoms. The van der Waals surface area contributed by atoms with Crippen LogP contribution in [-0.4, -0.2) is 64.9 Å². The molecule has 5 N–H and O–H groups in total. The molecular formula is C17H17N5O5S. The van der Waals surface area contributed by atoms with Crippen LogP contribution in [0.1, 0.15) is 16.6 Å². The van der Waals surface area contributed by atoms with Gasteiger partial charge in [-0.05, 0) is 12.1 Å². The second-order valence-corrected chi connectivity index (χ2v) is 7.30. The Balaban J connectivity index is 1.54. The van der Waals surface area contributed by atoms with Gasteiger partial charge >= 0.3 is 5.97 Å². The Labute approximate surface area is 163 Å². The Kier molecular flexibility index (Phi) is 4.89. The lowest BCUT2D eigenvalue weighted by atomic mass is 10.1. The zero-order valence-electron chi connectivity index (χ0n) is 14.4. The van der Waals surface area contributed by atoms with E-state index in [1.807, 2.05) is 0 Å². The minimum absolute atomic E-state index is 0.171. The maximum atomic E-state index is 11.3. The number of carboxylic acid groups (broad SMARTS) is 1. The molecule has 1 aliphatic rings. The van der Waals surface area contributed by atoms with Crippen LogP contribution in [0.2, 0.25) is 0 Å². The molecule has 1 aromatic carbocycles. The molecule has 28 heavy (non-hydrogen) atoms. The monoisotopic (exact) mass is 403 g/mol. The molecule has 0 spiro atoms. The number of rotatable bonds is 5. The molecule has 0 radical (unpaired) electrons. The van der Waals surface area contributed by atoms with Crippen molar-refractivity contribution in [2.45, 2.75) is 29.4 Å². The summed E-state index contributed by atoms with van der Waals surface area (Å²) in [6.45, 7) is 0. The van der Waals surface area contributed by atoms with E-state index in [1.54, 1.807) is 18.2 Å². The van der Waals surface area contributed by atoms with Crippen LogP contribution in [0.5, 0.6) is 0 Å². The van der Waals surface area contributed by atoms with E-state index < -0.39 is 30.5 Å². The molecule has 1 saturated heterocycles. The molecule has 3 aromatic rings. The van der Waals surface area contributed by atoms with Gasteiger partial charge in [-0.25, -0.2) is 19.7 Å². The fraction of sp³-hybridized carbons (Fsp3) is 0.294. The van der Waals surface area contributed by atoms with Gasteiger partial charge in [0, 0.05) is 10.6 Å². The molecule has 146 valence electrons. The smallest absolute Gasteiger partial charge is 0.336 e. The van der Waals surface area contributed by atoms with Gasteiger partial charge in [-0.3, -0.25) is 4.57 Å². The predicted octanol–water partition coefficient (Wildman–Crippen LogP) is 0.518. The van der Waals surface area contributed by atoms with Gasteiger partial charge in [-0.2, -0.15) is 0 Å². The zero-order valence-corrected chi connectivity index (χ0v) is 15.2. The van der Waals surface area contributed by atoms with Crippen LogP contribution in [0, 0.1) is 0 Å². The summed E-state index contributed by atoms with van der Waals surface area (Å²) in [4.78, 5) is 24.0. The summed E-state index contributed by atoms with van der Waals surface area (Å²) in [5, 5.41) is 30.2. The van der Waals surface area contributed by atoms with E-state index in [2.05, 4.69) is 15.0 Å². The number of carbonyl (C=O) groups is 1. The number of hydrogen-bond acceptors (Lipinski definition) is 9. The number of nitrogens with two attached hydrogens (primary N) is 1. The maximum Gasteiger partial charge on any atom is 0.336 e. The molecule has 2 aromatic heterocycles. The second-order valence-electron chi connectivity index (χ2n) is 6.24. The third-order valence-electron chi connectivity index (χ3n) is 4.52. The second kappa shape index (κ2) is 7.36. The highest BCUT2D eigenvalue weighted by molar-refractivity contribution is 7.99. The Bertz CT molecular complexity index is 1030. The number of fused-ring (bicyclic) bond motifs is 1. The Morgan fingerprint density at radius 3 is 2.79 bits per heavy atom. The van der Waals surface area contributed by atoms with Crippen molar-refractivity contribution in [3.05, 3.63) is 42.5 Å². The van der Waals surface area contributed by atoms with E-state index in [4.69, 9.17) is 10.5 Å². The first-order chi connectivity index (χ1) is 13.5. The van der Waals surface area contributed by atoms with E-state index in [1.165, 1.54) is 35.0 Å². The SMILES string of the molecule is Nc1ncnc2c1ncn2[C@@H]1O[C@H](CSc2ccccc2C(=O)O)[C@@H](O)[C@H]1O. The first-order valence-electron chi connectivity index (χ1n) is 8.37. The molecule has 3 heterocycles. The fourth-order valence-electron chi connectivity index (χ4n) is 3.09. The first kappa shape index (κ1) is 18.6. The van der Waals surface area contributed by atoms with Crippen LogP contribution in [-0.2, 0) is 4.74 Å². The number of thioether (sulfide) groups is 1. The average molecular weight is 403 g/mol. The molecular weight excluding hydrogens is 386 g/mol. The van der Waals surface area contributed by atoms with Crippen molar-refractivity contribution >= 4 is 34.7 Å². The lowest BCUT2D eigenvalue weighted by Crippen LogP contribution is -2.32. The van der Waals surface area contributed by atoms with Crippen molar-refractivity contribution in [2.75, 3.05) is 11.5 Å². The maximum absolute atomic E-state index is 11.3. The van der Waals surface area contributed by atoms with E-state index in [-0.39, 0.29) is 17.1 Å². The van der Waals surface area contributed by atoms with Crippen LogP contribution in [0.15, 0.2) is 41.8 Å². The summed E-state index contributed by atoms with van der Waals surface area (Å²) in [5.41, 5.74) is 6.71.